The summed E-state index contributed by atoms with van der Waals surface area (Å²) in [4.78, 5) is 19.2. The molecule has 1 aliphatic rings. The van der Waals surface area contributed by atoms with Gasteiger partial charge in [-0.25, -0.2) is 14.2 Å². The first-order valence-corrected chi connectivity index (χ1v) is 10.4. The predicted octanol–water partition coefficient (Wildman–Crippen LogP) is 6.31. The highest BCUT2D eigenvalue weighted by atomic mass is 19.1. The third-order valence-electron chi connectivity index (χ3n) is 5.73. The van der Waals surface area contributed by atoms with Gasteiger partial charge in [0.15, 0.2) is 5.58 Å². The summed E-state index contributed by atoms with van der Waals surface area (Å²) >= 11 is 0. The quantitative estimate of drug-likeness (QED) is 0.426. The number of anilines is 1. The molecule has 0 saturated carbocycles. The summed E-state index contributed by atoms with van der Waals surface area (Å²) in [6, 6.07) is 19.6. The highest BCUT2D eigenvalue weighted by Crippen LogP contribution is 2.35. The van der Waals surface area contributed by atoms with Crippen molar-refractivity contribution in [1.29, 1.82) is 0 Å². The molecular formula is C25H22FN3O2. The Morgan fingerprint density at radius 2 is 2.00 bits per heavy atom. The minimum Gasteiger partial charge on any atom is -0.438 e. The average molecular weight is 415 g/mol. The van der Waals surface area contributed by atoms with Gasteiger partial charge in [-0.3, -0.25) is 0 Å². The van der Waals surface area contributed by atoms with Crippen molar-refractivity contribution in [2.24, 2.45) is 0 Å². The second-order valence-corrected chi connectivity index (χ2v) is 7.84. The maximum absolute atomic E-state index is 13.4. The lowest BCUT2D eigenvalue weighted by Crippen LogP contribution is -2.34. The van der Waals surface area contributed by atoms with E-state index in [0.29, 0.717) is 23.7 Å². The molecule has 1 fully saturated rings. The van der Waals surface area contributed by atoms with Crippen LogP contribution in [-0.2, 0) is 0 Å². The Balaban J connectivity index is 1.41. The Morgan fingerprint density at radius 3 is 2.84 bits per heavy atom. The molecule has 1 aromatic heterocycles. The van der Waals surface area contributed by atoms with E-state index in [1.54, 1.807) is 17.0 Å². The van der Waals surface area contributed by atoms with Crippen LogP contribution in [0.4, 0.5) is 14.9 Å². The highest BCUT2D eigenvalue weighted by molar-refractivity contribution is 5.90. The van der Waals surface area contributed by atoms with Crippen molar-refractivity contribution >= 4 is 22.8 Å². The normalized spacial score (nSPS) is 16.1. The van der Waals surface area contributed by atoms with Gasteiger partial charge in [-0.05, 0) is 66.8 Å². The standard InChI is InChI=1S/C25H22FN3O2/c1-16-6-2-3-9-20(16)17-11-12-23-21(14-17)28-24(31-23)22-10-5-13-29(22)25(30)27-19-8-4-7-18(26)15-19/h2-4,6-9,11-12,14-15,22H,5,10,13H2,1H3,(H,27,30)/t22-/m1/s1. The average Bonchev–Trinajstić information content (AvgIpc) is 3.40. The van der Waals surface area contributed by atoms with Crippen molar-refractivity contribution in [3.05, 3.63) is 84.0 Å². The molecule has 5 nitrogen and oxygen atoms in total. The van der Waals surface area contributed by atoms with Gasteiger partial charge in [0.1, 0.15) is 17.4 Å². The second kappa shape index (κ2) is 7.87. The number of urea groups is 1. The van der Waals surface area contributed by atoms with E-state index in [1.165, 1.54) is 17.7 Å². The molecule has 156 valence electrons. The third kappa shape index (κ3) is 3.77. The first-order valence-electron chi connectivity index (χ1n) is 10.4. The zero-order valence-electron chi connectivity index (χ0n) is 17.1. The number of hydrogen-bond acceptors (Lipinski definition) is 3. The molecule has 0 aliphatic carbocycles. The van der Waals surface area contributed by atoms with Crippen LogP contribution in [0.5, 0.6) is 0 Å². The molecule has 1 atom stereocenters. The number of nitrogens with one attached hydrogen (secondary N) is 1. The Hall–Kier alpha value is -3.67. The summed E-state index contributed by atoms with van der Waals surface area (Å²) in [6.07, 6.45) is 1.63. The van der Waals surface area contributed by atoms with Crippen LogP contribution in [-0.4, -0.2) is 22.5 Å². The lowest BCUT2D eigenvalue weighted by atomic mass is 10.0. The van der Waals surface area contributed by atoms with Crippen LogP contribution in [0.1, 0.15) is 30.3 Å². The predicted molar refractivity (Wildman–Crippen MR) is 118 cm³/mol. The summed E-state index contributed by atoms with van der Waals surface area (Å²) in [5.41, 5.74) is 5.33. The van der Waals surface area contributed by atoms with Crippen LogP contribution >= 0.6 is 0 Å². The molecule has 2 heterocycles. The smallest absolute Gasteiger partial charge is 0.322 e. The zero-order valence-corrected chi connectivity index (χ0v) is 17.1. The lowest BCUT2D eigenvalue weighted by Gasteiger charge is -2.22. The van der Waals surface area contributed by atoms with Gasteiger partial charge in [-0.2, -0.15) is 0 Å². The SMILES string of the molecule is Cc1ccccc1-c1ccc2oc([C@H]3CCCN3C(=O)Nc3cccc(F)c3)nc2c1. The Bertz CT molecular complexity index is 1270. The van der Waals surface area contributed by atoms with E-state index in [0.717, 1.165) is 29.5 Å². The lowest BCUT2D eigenvalue weighted by molar-refractivity contribution is 0.199. The van der Waals surface area contributed by atoms with E-state index in [2.05, 4.69) is 24.4 Å². The van der Waals surface area contributed by atoms with Crippen LogP contribution in [0, 0.1) is 12.7 Å². The van der Waals surface area contributed by atoms with Crippen LogP contribution in [0.3, 0.4) is 0 Å². The molecular weight excluding hydrogens is 393 g/mol. The first-order chi connectivity index (χ1) is 15.1. The van der Waals surface area contributed by atoms with E-state index < -0.39 is 0 Å². The number of halogens is 1. The molecule has 31 heavy (non-hydrogen) atoms. The molecule has 6 heteroatoms. The minimum absolute atomic E-state index is 0.247. The third-order valence-corrected chi connectivity index (χ3v) is 5.73. The van der Waals surface area contributed by atoms with Crippen LogP contribution < -0.4 is 5.32 Å². The van der Waals surface area contributed by atoms with Gasteiger partial charge in [-0.1, -0.05) is 36.4 Å². The summed E-state index contributed by atoms with van der Waals surface area (Å²) in [7, 11) is 0. The van der Waals surface area contributed by atoms with Crippen molar-refractivity contribution < 1.29 is 13.6 Å². The maximum atomic E-state index is 13.4. The first kappa shape index (κ1) is 19.3. The highest BCUT2D eigenvalue weighted by Gasteiger charge is 2.33. The second-order valence-electron chi connectivity index (χ2n) is 7.84. The summed E-state index contributed by atoms with van der Waals surface area (Å²) in [6.45, 7) is 2.68. The fourth-order valence-corrected chi connectivity index (χ4v) is 4.18. The fourth-order valence-electron chi connectivity index (χ4n) is 4.18. The molecule has 0 radical (unpaired) electrons. The van der Waals surface area contributed by atoms with Crippen LogP contribution in [0.15, 0.2) is 71.1 Å². The van der Waals surface area contributed by atoms with Crippen LogP contribution in [0.25, 0.3) is 22.2 Å². The largest absolute Gasteiger partial charge is 0.438 e. The van der Waals surface area contributed by atoms with Gasteiger partial charge in [0.05, 0.1) is 0 Å². The van der Waals surface area contributed by atoms with Crippen molar-refractivity contribution in [1.82, 2.24) is 9.88 Å². The number of likely N-dealkylation sites (tertiary alicyclic amines) is 1. The molecule has 4 aromatic rings. The number of fused-ring (bicyclic) bond motifs is 1. The van der Waals surface area contributed by atoms with Crippen molar-refractivity contribution in [3.63, 3.8) is 0 Å². The molecule has 0 unspecified atom stereocenters. The summed E-state index contributed by atoms with van der Waals surface area (Å²) in [5, 5.41) is 2.77. The van der Waals surface area contributed by atoms with E-state index in [1.807, 2.05) is 30.3 Å². The Morgan fingerprint density at radius 1 is 1.13 bits per heavy atom. The van der Waals surface area contributed by atoms with E-state index in [-0.39, 0.29) is 17.9 Å². The molecule has 0 spiro atoms. The number of rotatable bonds is 3. The van der Waals surface area contributed by atoms with E-state index in [4.69, 9.17) is 9.40 Å². The molecule has 1 aliphatic heterocycles. The number of carbonyl (C=O) groups is 1. The number of nitrogens with zero attached hydrogens (tertiary/aromatic N) is 2. The van der Waals surface area contributed by atoms with Gasteiger partial charge in [0.25, 0.3) is 0 Å². The molecule has 0 bridgehead atoms. The summed E-state index contributed by atoms with van der Waals surface area (Å²) < 4.78 is 19.5. The molecule has 1 saturated heterocycles. The maximum Gasteiger partial charge on any atom is 0.322 e. The zero-order chi connectivity index (χ0) is 21.4. The molecule has 5 rings (SSSR count). The van der Waals surface area contributed by atoms with Crippen LogP contribution in [0.2, 0.25) is 0 Å². The number of benzene rings is 3. The number of aromatic nitrogens is 1. The molecule has 2 amide bonds. The van der Waals surface area contributed by atoms with Crippen molar-refractivity contribution in [2.45, 2.75) is 25.8 Å². The Kier molecular flexibility index (Phi) is 4.90. The number of aryl methyl sites for hydroxylation is 1. The minimum atomic E-state index is -0.390. The van der Waals surface area contributed by atoms with Crippen molar-refractivity contribution in [3.8, 4) is 11.1 Å². The summed E-state index contributed by atoms with van der Waals surface area (Å²) in [5.74, 6) is 0.142. The number of oxazole rings is 1. The van der Waals surface area contributed by atoms with Crippen molar-refractivity contribution in [2.75, 3.05) is 11.9 Å². The molecule has 1 N–H and O–H groups in total. The van der Waals surface area contributed by atoms with Gasteiger partial charge in [-0.15, -0.1) is 0 Å². The van der Waals surface area contributed by atoms with Gasteiger partial charge in [0, 0.05) is 12.2 Å². The number of hydrogen-bond donors (Lipinski definition) is 1. The monoisotopic (exact) mass is 415 g/mol. The number of carbonyl (C=O) groups excluding carboxylic acids is 1. The number of amides is 2. The topological polar surface area (TPSA) is 58.4 Å². The molecule has 3 aromatic carbocycles. The van der Waals surface area contributed by atoms with E-state index in [9.17, 15) is 9.18 Å². The van der Waals surface area contributed by atoms with Gasteiger partial charge >= 0.3 is 6.03 Å². The van der Waals surface area contributed by atoms with Gasteiger partial charge in [0.2, 0.25) is 5.89 Å². The Labute approximate surface area is 179 Å². The van der Waals surface area contributed by atoms with Gasteiger partial charge < -0.3 is 14.6 Å². The fraction of sp³-hybridized carbons (Fsp3) is 0.200. The van der Waals surface area contributed by atoms with E-state index >= 15 is 0 Å².